The summed E-state index contributed by atoms with van der Waals surface area (Å²) in [4.78, 5) is 12.1. The van der Waals surface area contributed by atoms with Crippen LogP contribution in [0, 0.1) is 12.7 Å². The number of hydrogen-bond acceptors (Lipinski definition) is 2. The maximum absolute atomic E-state index is 13.0. The van der Waals surface area contributed by atoms with Gasteiger partial charge in [0.25, 0.3) is 0 Å². The van der Waals surface area contributed by atoms with Crippen LogP contribution in [-0.4, -0.2) is 15.6 Å². The predicted molar refractivity (Wildman–Crippen MR) is 72.4 cm³/mol. The number of nitrogens with zero attached hydrogens (tertiary/aromatic N) is 2. The van der Waals surface area contributed by atoms with E-state index in [2.05, 4.69) is 5.10 Å². The Morgan fingerprint density at radius 2 is 2.11 bits per heavy atom. The molecule has 0 atom stereocenters. The van der Waals surface area contributed by atoms with Gasteiger partial charge in [-0.15, -0.1) is 0 Å². The maximum atomic E-state index is 13.0. The first-order chi connectivity index (χ1) is 8.90. The Morgan fingerprint density at radius 1 is 1.42 bits per heavy atom. The Balaban J connectivity index is 2.28. The molecule has 0 N–H and O–H groups in total. The van der Waals surface area contributed by atoms with Crippen LogP contribution in [0.15, 0.2) is 18.2 Å². The van der Waals surface area contributed by atoms with Crippen LogP contribution in [0.5, 0.6) is 0 Å². The average Bonchev–Trinajstić information content (AvgIpc) is 2.59. The summed E-state index contributed by atoms with van der Waals surface area (Å²) in [5.74, 6) is -0.728. The minimum Gasteiger partial charge on any atom is -0.294 e. The first kappa shape index (κ1) is 14.0. The zero-order valence-corrected chi connectivity index (χ0v) is 11.9. The summed E-state index contributed by atoms with van der Waals surface area (Å²) >= 11 is 11.7. The number of benzene rings is 1. The molecular weight excluding hydrogens is 290 g/mol. The number of rotatable bonds is 3. The van der Waals surface area contributed by atoms with E-state index in [9.17, 15) is 9.18 Å². The molecule has 1 heterocycles. The second kappa shape index (κ2) is 5.31. The van der Waals surface area contributed by atoms with E-state index in [1.807, 2.05) is 0 Å². The monoisotopic (exact) mass is 300 g/mol. The zero-order chi connectivity index (χ0) is 14.2. The molecule has 0 fully saturated rings. The third kappa shape index (κ3) is 2.80. The molecule has 2 rings (SSSR count). The smallest absolute Gasteiger partial charge is 0.167 e. The molecule has 19 heavy (non-hydrogen) atoms. The fourth-order valence-corrected chi connectivity index (χ4v) is 2.23. The summed E-state index contributed by atoms with van der Waals surface area (Å²) in [6.45, 7) is 1.78. The Labute approximate surface area is 119 Å². The summed E-state index contributed by atoms with van der Waals surface area (Å²) in [7, 11) is 1.71. The molecule has 0 saturated heterocycles. The molecule has 1 aromatic carbocycles. The summed E-state index contributed by atoms with van der Waals surface area (Å²) < 4.78 is 14.6. The number of hydrogen-bond donors (Lipinski definition) is 0. The van der Waals surface area contributed by atoms with Crippen molar-refractivity contribution in [2.75, 3.05) is 0 Å². The van der Waals surface area contributed by atoms with Gasteiger partial charge in [-0.3, -0.25) is 9.48 Å². The van der Waals surface area contributed by atoms with Crippen molar-refractivity contribution < 1.29 is 9.18 Å². The van der Waals surface area contributed by atoms with Gasteiger partial charge in [-0.05, 0) is 25.1 Å². The molecule has 1 aromatic heterocycles. The molecular formula is C13H11Cl2FN2O. The molecule has 2 aromatic rings. The minimum atomic E-state index is -0.547. The van der Waals surface area contributed by atoms with Gasteiger partial charge in [0.15, 0.2) is 5.78 Å². The normalized spacial score (nSPS) is 10.8. The van der Waals surface area contributed by atoms with Crippen LogP contribution >= 0.6 is 23.2 Å². The number of aromatic nitrogens is 2. The predicted octanol–water partition coefficient (Wildman–Crippen LogP) is 3.60. The first-order valence-corrected chi connectivity index (χ1v) is 6.32. The summed E-state index contributed by atoms with van der Waals surface area (Å²) in [5.41, 5.74) is 1.73. The van der Waals surface area contributed by atoms with E-state index < -0.39 is 5.82 Å². The van der Waals surface area contributed by atoms with Gasteiger partial charge in [0, 0.05) is 24.6 Å². The average molecular weight is 301 g/mol. The van der Waals surface area contributed by atoms with E-state index in [0.717, 1.165) is 0 Å². The number of Topliss-reactive ketones (excluding diaryl/α,β-unsaturated/α-hetero) is 1. The topological polar surface area (TPSA) is 34.9 Å². The standard InChI is InChI=1S/C13H11Cl2FN2O/c1-7-9(13(15)18(2)17-7)6-12(19)8-3-4-11(16)10(14)5-8/h3-5H,6H2,1-2H3. The fraction of sp³-hybridized carbons (Fsp3) is 0.231. The number of halogens is 3. The molecule has 0 aliphatic heterocycles. The van der Waals surface area contributed by atoms with E-state index in [1.165, 1.54) is 22.9 Å². The van der Waals surface area contributed by atoms with Crippen molar-refractivity contribution in [3.05, 3.63) is 51.0 Å². The van der Waals surface area contributed by atoms with E-state index in [-0.39, 0.29) is 17.2 Å². The first-order valence-electron chi connectivity index (χ1n) is 5.56. The fourth-order valence-electron chi connectivity index (χ4n) is 1.81. The number of carbonyl (C=O) groups is 1. The SMILES string of the molecule is Cc1nn(C)c(Cl)c1CC(=O)c1ccc(F)c(Cl)c1. The zero-order valence-electron chi connectivity index (χ0n) is 10.4. The third-order valence-electron chi connectivity index (χ3n) is 2.85. The van der Waals surface area contributed by atoms with Crippen LogP contribution in [0.25, 0.3) is 0 Å². The highest BCUT2D eigenvalue weighted by Gasteiger charge is 2.16. The van der Waals surface area contributed by atoms with Crippen LogP contribution < -0.4 is 0 Å². The highest BCUT2D eigenvalue weighted by Crippen LogP contribution is 2.22. The van der Waals surface area contributed by atoms with Crippen molar-refractivity contribution in [1.82, 2.24) is 9.78 Å². The lowest BCUT2D eigenvalue weighted by molar-refractivity contribution is 0.0992. The second-order valence-corrected chi connectivity index (χ2v) is 4.97. The minimum absolute atomic E-state index is 0.0696. The quantitative estimate of drug-likeness (QED) is 0.812. The highest BCUT2D eigenvalue weighted by atomic mass is 35.5. The summed E-state index contributed by atoms with van der Waals surface area (Å²) in [6.07, 6.45) is 0.112. The third-order valence-corrected chi connectivity index (χ3v) is 3.61. The maximum Gasteiger partial charge on any atom is 0.167 e. The molecule has 0 unspecified atom stereocenters. The van der Waals surface area contributed by atoms with Gasteiger partial charge in [-0.2, -0.15) is 5.10 Å². The molecule has 0 aliphatic carbocycles. The lowest BCUT2D eigenvalue weighted by Gasteiger charge is -2.02. The summed E-state index contributed by atoms with van der Waals surface area (Å²) in [6, 6.07) is 3.90. The van der Waals surface area contributed by atoms with E-state index in [0.29, 0.717) is 22.0 Å². The Morgan fingerprint density at radius 3 is 2.63 bits per heavy atom. The van der Waals surface area contributed by atoms with Crippen LogP contribution in [-0.2, 0) is 13.5 Å². The number of carbonyl (C=O) groups excluding carboxylic acids is 1. The van der Waals surface area contributed by atoms with Gasteiger partial charge in [0.1, 0.15) is 11.0 Å². The number of aryl methyl sites for hydroxylation is 2. The molecule has 0 radical (unpaired) electrons. The van der Waals surface area contributed by atoms with Crippen molar-refractivity contribution in [3.8, 4) is 0 Å². The van der Waals surface area contributed by atoms with Crippen molar-refractivity contribution >= 4 is 29.0 Å². The lowest BCUT2D eigenvalue weighted by Crippen LogP contribution is -2.05. The Hall–Kier alpha value is -1.39. The highest BCUT2D eigenvalue weighted by molar-refractivity contribution is 6.31. The van der Waals surface area contributed by atoms with Crippen molar-refractivity contribution in [3.63, 3.8) is 0 Å². The molecule has 100 valence electrons. The van der Waals surface area contributed by atoms with Gasteiger partial charge in [0.05, 0.1) is 10.7 Å². The number of ketones is 1. The van der Waals surface area contributed by atoms with Gasteiger partial charge >= 0.3 is 0 Å². The molecule has 0 bridgehead atoms. The Kier molecular flexibility index (Phi) is 3.92. The Bertz CT molecular complexity index is 652. The molecule has 0 amide bonds. The molecule has 3 nitrogen and oxygen atoms in total. The van der Waals surface area contributed by atoms with Gasteiger partial charge < -0.3 is 0 Å². The van der Waals surface area contributed by atoms with Gasteiger partial charge in [-0.1, -0.05) is 23.2 Å². The molecule has 0 saturated carbocycles. The van der Waals surface area contributed by atoms with E-state index >= 15 is 0 Å². The van der Waals surface area contributed by atoms with Crippen molar-refractivity contribution in [2.24, 2.45) is 7.05 Å². The second-order valence-electron chi connectivity index (χ2n) is 4.21. The van der Waals surface area contributed by atoms with Crippen LogP contribution in [0.4, 0.5) is 4.39 Å². The van der Waals surface area contributed by atoms with Gasteiger partial charge in [0.2, 0.25) is 0 Å². The summed E-state index contributed by atoms with van der Waals surface area (Å²) in [5, 5.41) is 4.50. The molecule has 6 heteroatoms. The largest absolute Gasteiger partial charge is 0.294 e. The van der Waals surface area contributed by atoms with Gasteiger partial charge in [-0.25, -0.2) is 4.39 Å². The van der Waals surface area contributed by atoms with E-state index in [4.69, 9.17) is 23.2 Å². The van der Waals surface area contributed by atoms with E-state index in [1.54, 1.807) is 14.0 Å². The molecule has 0 spiro atoms. The van der Waals surface area contributed by atoms with Crippen molar-refractivity contribution in [2.45, 2.75) is 13.3 Å². The lowest BCUT2D eigenvalue weighted by atomic mass is 10.0. The van der Waals surface area contributed by atoms with Crippen molar-refractivity contribution in [1.29, 1.82) is 0 Å². The van der Waals surface area contributed by atoms with Crippen LogP contribution in [0.2, 0.25) is 10.2 Å². The van der Waals surface area contributed by atoms with Crippen LogP contribution in [0.1, 0.15) is 21.6 Å². The molecule has 0 aliphatic rings. The van der Waals surface area contributed by atoms with Crippen LogP contribution in [0.3, 0.4) is 0 Å².